The molecule has 1 aromatic rings. The number of thioether (sulfide) groups is 1. The van der Waals surface area contributed by atoms with Crippen molar-refractivity contribution in [2.75, 3.05) is 19.8 Å². The van der Waals surface area contributed by atoms with Gasteiger partial charge < -0.3 is 4.74 Å². The average molecular weight is 283 g/mol. The van der Waals surface area contributed by atoms with Crippen molar-refractivity contribution in [2.45, 2.75) is 6.92 Å². The average Bonchev–Trinajstić information content (AvgIpc) is 2.93. The van der Waals surface area contributed by atoms with Crippen molar-refractivity contribution in [3.05, 3.63) is 27.3 Å². The van der Waals surface area contributed by atoms with Crippen molar-refractivity contribution in [1.29, 1.82) is 0 Å². The highest BCUT2D eigenvalue weighted by molar-refractivity contribution is 8.18. The molecule has 2 amide bonds. The van der Waals surface area contributed by atoms with Gasteiger partial charge in [-0.15, -0.1) is 11.3 Å². The Morgan fingerprint density at radius 3 is 2.94 bits per heavy atom. The minimum absolute atomic E-state index is 0.220. The Hall–Kier alpha value is -1.11. The van der Waals surface area contributed by atoms with Gasteiger partial charge in [-0.1, -0.05) is 6.07 Å². The van der Waals surface area contributed by atoms with Crippen molar-refractivity contribution in [3.8, 4) is 0 Å². The highest BCUT2D eigenvalue weighted by Crippen LogP contribution is 2.32. The maximum Gasteiger partial charge on any atom is 0.293 e. The van der Waals surface area contributed by atoms with Gasteiger partial charge in [0, 0.05) is 11.5 Å². The Balaban J connectivity index is 2.04. The molecule has 1 fully saturated rings. The fourth-order valence-corrected chi connectivity index (χ4v) is 3.08. The quantitative estimate of drug-likeness (QED) is 0.616. The summed E-state index contributed by atoms with van der Waals surface area (Å²) in [7, 11) is 0. The van der Waals surface area contributed by atoms with Gasteiger partial charge in [-0.2, -0.15) is 0 Å². The van der Waals surface area contributed by atoms with E-state index in [1.165, 1.54) is 16.2 Å². The van der Waals surface area contributed by atoms with E-state index in [1.54, 1.807) is 6.08 Å². The van der Waals surface area contributed by atoms with Crippen LogP contribution in [0.2, 0.25) is 0 Å². The zero-order chi connectivity index (χ0) is 13.0. The maximum absolute atomic E-state index is 12.0. The minimum atomic E-state index is -0.224. The first-order valence-electron chi connectivity index (χ1n) is 5.59. The molecular formula is C12H13NO3S2. The number of rotatable bonds is 5. The van der Waals surface area contributed by atoms with Crippen molar-refractivity contribution in [2.24, 2.45) is 0 Å². The number of thiophene rings is 1. The Kier molecular flexibility index (Phi) is 4.57. The van der Waals surface area contributed by atoms with Crippen LogP contribution in [0.1, 0.15) is 11.8 Å². The van der Waals surface area contributed by atoms with Gasteiger partial charge in [0.05, 0.1) is 18.1 Å². The van der Waals surface area contributed by atoms with Gasteiger partial charge in [0.25, 0.3) is 11.1 Å². The van der Waals surface area contributed by atoms with Crippen molar-refractivity contribution in [3.63, 3.8) is 0 Å². The molecule has 0 bridgehead atoms. The second-order valence-electron chi connectivity index (χ2n) is 3.55. The predicted molar refractivity (Wildman–Crippen MR) is 73.5 cm³/mol. The summed E-state index contributed by atoms with van der Waals surface area (Å²) in [5.74, 6) is -0.224. The van der Waals surface area contributed by atoms with Crippen LogP contribution in [0.3, 0.4) is 0 Å². The molecule has 1 aliphatic heterocycles. The normalized spacial score (nSPS) is 18.1. The Bertz CT molecular complexity index is 468. The van der Waals surface area contributed by atoms with E-state index in [-0.39, 0.29) is 11.1 Å². The maximum atomic E-state index is 12.0. The number of nitrogens with zero attached hydrogens (tertiary/aromatic N) is 1. The number of hydrogen-bond acceptors (Lipinski definition) is 5. The first kappa shape index (κ1) is 13.3. The standard InChI is InChI=1S/C12H13NO3S2/c1-2-16-6-5-13-11(14)10(18-12(13)15)8-9-4-3-7-17-9/h3-4,7-8H,2,5-6H2,1H3/b10-8+. The van der Waals surface area contributed by atoms with Gasteiger partial charge in [-0.05, 0) is 36.2 Å². The fourth-order valence-electron chi connectivity index (χ4n) is 1.50. The summed E-state index contributed by atoms with van der Waals surface area (Å²) in [4.78, 5) is 26.4. The molecule has 2 rings (SSSR count). The Morgan fingerprint density at radius 2 is 2.28 bits per heavy atom. The topological polar surface area (TPSA) is 46.6 Å². The number of amides is 2. The number of imide groups is 1. The van der Waals surface area contributed by atoms with Crippen molar-refractivity contribution in [1.82, 2.24) is 4.90 Å². The lowest BCUT2D eigenvalue weighted by molar-refractivity contribution is -0.123. The summed E-state index contributed by atoms with van der Waals surface area (Å²) < 4.78 is 5.16. The van der Waals surface area contributed by atoms with E-state index in [0.29, 0.717) is 24.7 Å². The molecule has 0 spiro atoms. The summed E-state index contributed by atoms with van der Waals surface area (Å²) in [5.41, 5.74) is 0. The molecular weight excluding hydrogens is 270 g/mol. The van der Waals surface area contributed by atoms with Crippen LogP contribution in [0, 0.1) is 0 Å². The van der Waals surface area contributed by atoms with Crippen LogP contribution < -0.4 is 0 Å². The highest BCUT2D eigenvalue weighted by Gasteiger charge is 2.34. The fraction of sp³-hybridized carbons (Fsp3) is 0.333. The zero-order valence-corrected chi connectivity index (χ0v) is 11.6. The summed E-state index contributed by atoms with van der Waals surface area (Å²) in [5, 5.41) is 1.72. The second kappa shape index (κ2) is 6.17. The van der Waals surface area contributed by atoms with Gasteiger partial charge in [-0.25, -0.2) is 0 Å². The monoisotopic (exact) mass is 283 g/mol. The molecule has 0 saturated carbocycles. The van der Waals surface area contributed by atoms with Crippen LogP contribution in [0.4, 0.5) is 4.79 Å². The molecule has 0 unspecified atom stereocenters. The molecule has 1 aromatic heterocycles. The van der Waals surface area contributed by atoms with Crippen LogP contribution in [-0.4, -0.2) is 35.8 Å². The van der Waals surface area contributed by atoms with Crippen molar-refractivity contribution >= 4 is 40.3 Å². The summed E-state index contributed by atoms with van der Waals surface area (Å²) in [6.07, 6.45) is 1.76. The van der Waals surface area contributed by atoms with Gasteiger partial charge in [0.15, 0.2) is 0 Å². The molecule has 0 aliphatic carbocycles. The molecule has 1 aliphatic rings. The Labute approximate surface area is 114 Å². The molecule has 6 heteroatoms. The largest absolute Gasteiger partial charge is 0.380 e. The first-order chi connectivity index (χ1) is 8.72. The smallest absolute Gasteiger partial charge is 0.293 e. The molecule has 0 N–H and O–H groups in total. The number of hydrogen-bond donors (Lipinski definition) is 0. The second-order valence-corrected chi connectivity index (χ2v) is 5.52. The zero-order valence-electron chi connectivity index (χ0n) is 9.92. The molecule has 4 nitrogen and oxygen atoms in total. The van der Waals surface area contributed by atoms with Gasteiger partial charge in [-0.3, -0.25) is 14.5 Å². The lowest BCUT2D eigenvalue weighted by Gasteiger charge is -2.11. The van der Waals surface area contributed by atoms with Crippen LogP contribution in [0.15, 0.2) is 22.4 Å². The third-order valence-corrected chi connectivity index (χ3v) is 4.08. The van der Waals surface area contributed by atoms with Crippen LogP contribution in [-0.2, 0) is 9.53 Å². The van der Waals surface area contributed by atoms with Crippen LogP contribution in [0.25, 0.3) is 6.08 Å². The van der Waals surface area contributed by atoms with E-state index in [9.17, 15) is 9.59 Å². The van der Waals surface area contributed by atoms with Crippen LogP contribution in [0.5, 0.6) is 0 Å². The highest BCUT2D eigenvalue weighted by atomic mass is 32.2. The minimum Gasteiger partial charge on any atom is -0.380 e. The van der Waals surface area contributed by atoms with E-state index in [2.05, 4.69) is 0 Å². The number of carbonyl (C=O) groups excluding carboxylic acids is 2. The van der Waals surface area contributed by atoms with Gasteiger partial charge in [0.2, 0.25) is 0 Å². The lowest BCUT2D eigenvalue weighted by atomic mass is 10.4. The summed E-state index contributed by atoms with van der Waals surface area (Å²) >= 11 is 2.53. The molecule has 0 radical (unpaired) electrons. The van der Waals surface area contributed by atoms with E-state index < -0.39 is 0 Å². The summed E-state index contributed by atoms with van der Waals surface area (Å²) in [6.45, 7) is 3.17. The molecule has 96 valence electrons. The van der Waals surface area contributed by atoms with Gasteiger partial charge in [0.1, 0.15) is 0 Å². The number of carbonyl (C=O) groups is 2. The lowest BCUT2D eigenvalue weighted by Crippen LogP contribution is -2.31. The predicted octanol–water partition coefficient (Wildman–Crippen LogP) is 2.82. The third-order valence-electron chi connectivity index (χ3n) is 2.35. The van der Waals surface area contributed by atoms with Gasteiger partial charge >= 0.3 is 0 Å². The summed E-state index contributed by atoms with van der Waals surface area (Å²) in [6, 6.07) is 3.83. The van der Waals surface area contributed by atoms with E-state index in [4.69, 9.17) is 4.74 Å². The van der Waals surface area contributed by atoms with Crippen molar-refractivity contribution < 1.29 is 14.3 Å². The molecule has 0 aromatic carbocycles. The van der Waals surface area contributed by atoms with E-state index in [1.807, 2.05) is 24.4 Å². The Morgan fingerprint density at radius 1 is 1.44 bits per heavy atom. The van der Waals surface area contributed by atoms with E-state index >= 15 is 0 Å². The molecule has 1 saturated heterocycles. The SMILES string of the molecule is CCOCCN1C(=O)S/C(=C/c2cccs2)C1=O. The molecule has 2 heterocycles. The first-order valence-corrected chi connectivity index (χ1v) is 7.28. The van der Waals surface area contributed by atoms with Crippen LogP contribution >= 0.6 is 23.1 Å². The number of ether oxygens (including phenoxy) is 1. The third kappa shape index (κ3) is 3.01. The molecule has 18 heavy (non-hydrogen) atoms. The van der Waals surface area contributed by atoms with E-state index in [0.717, 1.165) is 16.6 Å². The molecule has 0 atom stereocenters.